The van der Waals surface area contributed by atoms with Gasteiger partial charge in [-0.3, -0.25) is 14.3 Å². The van der Waals surface area contributed by atoms with Gasteiger partial charge in [0.2, 0.25) is 0 Å². The van der Waals surface area contributed by atoms with Crippen LogP contribution in [0.3, 0.4) is 0 Å². The van der Waals surface area contributed by atoms with Crippen molar-refractivity contribution in [3.63, 3.8) is 0 Å². The molecule has 1 saturated heterocycles. The monoisotopic (exact) mass is 563 g/mol. The Kier molecular flexibility index (Phi) is 8.30. The maximum Gasteiger partial charge on any atom is 0.490 e. The molecule has 0 radical (unpaired) electrons. The summed E-state index contributed by atoms with van der Waals surface area (Å²) in [6, 6.07) is 6.77. The molecule has 0 aliphatic carbocycles. The first-order valence-electron chi connectivity index (χ1n) is 13.5. The molecular weight excluding hydrogens is 527 g/mol. The van der Waals surface area contributed by atoms with Crippen LogP contribution in [-0.2, 0) is 36.3 Å². The molecule has 2 aromatic rings. The molecule has 9 nitrogen and oxygen atoms in total. The Balaban J connectivity index is 0.000000470. The summed E-state index contributed by atoms with van der Waals surface area (Å²) in [6.45, 7) is 12.7. The number of rotatable bonds is 3. The fourth-order valence-electron chi connectivity index (χ4n) is 5.94. The summed E-state index contributed by atoms with van der Waals surface area (Å²) in [5, 5.41) is 10.1. The fraction of sp³-hybridized carbons (Fsp3) is 0.571. The summed E-state index contributed by atoms with van der Waals surface area (Å²) in [5.74, 6) is -1.85. The van der Waals surface area contributed by atoms with Crippen LogP contribution in [0.25, 0.3) is 0 Å². The highest BCUT2D eigenvalue weighted by Crippen LogP contribution is 2.41. The normalized spacial score (nSPS) is 20.2. The number of likely N-dealkylation sites (tertiary alicyclic amines) is 1. The second-order valence-corrected chi connectivity index (χ2v) is 11.4. The number of alkyl halides is 3. The number of aryl methyl sites for hydroxylation is 2. The zero-order chi connectivity index (χ0) is 29.4. The molecule has 40 heavy (non-hydrogen) atoms. The number of aliphatic carboxylic acids is 1. The van der Waals surface area contributed by atoms with Crippen LogP contribution in [0.1, 0.15) is 60.5 Å². The van der Waals surface area contributed by atoms with Gasteiger partial charge in [0.05, 0.1) is 11.3 Å². The number of hydrogen-bond donors (Lipinski definition) is 2. The Hall–Kier alpha value is -3.41. The van der Waals surface area contributed by atoms with Crippen molar-refractivity contribution in [3.8, 4) is 0 Å². The molecule has 0 saturated carbocycles. The third kappa shape index (κ3) is 6.32. The molecular formula is C28H36F3N5O4. The smallest absolute Gasteiger partial charge is 0.475 e. The lowest BCUT2D eigenvalue weighted by molar-refractivity contribution is -0.192. The van der Waals surface area contributed by atoms with E-state index in [1.54, 1.807) is 0 Å². The number of hydrogen-bond acceptors (Lipinski definition) is 5. The molecule has 1 spiro atoms. The predicted octanol–water partition coefficient (Wildman–Crippen LogP) is 3.52. The van der Waals surface area contributed by atoms with Crippen molar-refractivity contribution >= 4 is 12.0 Å². The SMILES string of the molecule is Cc1cc(C)cc(CN2CCc3nc4n(c(=O)c3C2)CCC42CCN(C(=O)NC(C)C)C2)c1.O=C(O)C(F)(F)F. The van der Waals surface area contributed by atoms with Crippen molar-refractivity contribution < 1.29 is 27.9 Å². The van der Waals surface area contributed by atoms with E-state index in [0.29, 0.717) is 19.6 Å². The molecule has 3 aliphatic rings. The van der Waals surface area contributed by atoms with Gasteiger partial charge in [-0.1, -0.05) is 29.3 Å². The number of urea groups is 1. The number of fused-ring (bicyclic) bond motifs is 3. The summed E-state index contributed by atoms with van der Waals surface area (Å²) in [7, 11) is 0. The first kappa shape index (κ1) is 29.6. The van der Waals surface area contributed by atoms with E-state index in [9.17, 15) is 22.8 Å². The standard InChI is InChI=1S/C26H35N5O2.C2HF3O2/c1-17(2)27-25(33)30-9-6-26(16-30)7-10-31-23(32)21-15-29(8-5-22(21)28-24(26)31)14-20-12-18(3)11-19(4)13-20;3-2(4,5)1(6)7/h11-13,17H,5-10,14-16H2,1-4H3,(H,27,33);(H,6,7). The minimum Gasteiger partial charge on any atom is -0.475 e. The van der Waals surface area contributed by atoms with Crippen LogP contribution in [0.15, 0.2) is 23.0 Å². The van der Waals surface area contributed by atoms with Crippen LogP contribution >= 0.6 is 0 Å². The lowest BCUT2D eigenvalue weighted by atomic mass is 9.85. The number of nitrogens with one attached hydrogen (secondary N) is 1. The topological polar surface area (TPSA) is 108 Å². The highest BCUT2D eigenvalue weighted by molar-refractivity contribution is 5.75. The molecule has 2 N–H and O–H groups in total. The van der Waals surface area contributed by atoms with E-state index in [4.69, 9.17) is 14.9 Å². The van der Waals surface area contributed by atoms with Crippen molar-refractivity contribution in [1.29, 1.82) is 0 Å². The molecule has 1 atom stereocenters. The first-order chi connectivity index (χ1) is 18.7. The molecule has 4 heterocycles. The molecule has 12 heteroatoms. The molecule has 1 unspecified atom stereocenters. The van der Waals surface area contributed by atoms with Gasteiger partial charge in [-0.2, -0.15) is 13.2 Å². The second-order valence-electron chi connectivity index (χ2n) is 11.4. The maximum atomic E-state index is 13.5. The maximum absolute atomic E-state index is 13.5. The van der Waals surface area contributed by atoms with Gasteiger partial charge in [-0.25, -0.2) is 14.6 Å². The van der Waals surface area contributed by atoms with E-state index in [2.05, 4.69) is 42.3 Å². The van der Waals surface area contributed by atoms with Gasteiger partial charge in [-0.05, 0) is 46.1 Å². The highest BCUT2D eigenvalue weighted by Gasteiger charge is 2.48. The number of amides is 2. The van der Waals surface area contributed by atoms with Gasteiger partial charge in [0.1, 0.15) is 5.82 Å². The average Bonchev–Trinajstić information content (AvgIpc) is 3.43. The first-order valence-corrected chi connectivity index (χ1v) is 13.5. The summed E-state index contributed by atoms with van der Waals surface area (Å²) < 4.78 is 33.6. The van der Waals surface area contributed by atoms with Crippen LogP contribution in [0, 0.1) is 13.8 Å². The van der Waals surface area contributed by atoms with Gasteiger partial charge in [0, 0.05) is 57.1 Å². The Morgan fingerprint density at radius 3 is 2.33 bits per heavy atom. The second kappa shape index (κ2) is 11.2. The molecule has 1 fully saturated rings. The van der Waals surface area contributed by atoms with Crippen molar-refractivity contribution in [2.45, 2.75) is 84.2 Å². The zero-order valence-electron chi connectivity index (χ0n) is 23.3. The number of nitrogens with zero attached hydrogens (tertiary/aromatic N) is 4. The van der Waals surface area contributed by atoms with Crippen LogP contribution in [0.5, 0.6) is 0 Å². The third-order valence-electron chi connectivity index (χ3n) is 7.67. The van der Waals surface area contributed by atoms with E-state index in [-0.39, 0.29) is 23.0 Å². The third-order valence-corrected chi connectivity index (χ3v) is 7.67. The number of carboxylic acids is 1. The Labute approximate surface area is 231 Å². The Morgan fingerprint density at radius 2 is 1.73 bits per heavy atom. The number of carboxylic acid groups (broad SMARTS) is 1. The van der Waals surface area contributed by atoms with E-state index in [0.717, 1.165) is 56.0 Å². The number of carbonyl (C=O) groups is 2. The van der Waals surface area contributed by atoms with E-state index in [1.807, 2.05) is 23.3 Å². The molecule has 3 aliphatic heterocycles. The summed E-state index contributed by atoms with van der Waals surface area (Å²) >= 11 is 0. The molecule has 218 valence electrons. The van der Waals surface area contributed by atoms with Gasteiger partial charge in [0.25, 0.3) is 5.56 Å². The number of halogens is 3. The van der Waals surface area contributed by atoms with Crippen molar-refractivity contribution in [1.82, 2.24) is 24.7 Å². The summed E-state index contributed by atoms with van der Waals surface area (Å²) in [5.41, 5.74) is 5.63. The Morgan fingerprint density at radius 1 is 1.10 bits per heavy atom. The van der Waals surface area contributed by atoms with Crippen LogP contribution in [0.2, 0.25) is 0 Å². The average molecular weight is 564 g/mol. The number of benzene rings is 1. The molecule has 1 aromatic carbocycles. The lowest BCUT2D eigenvalue weighted by Crippen LogP contribution is -2.43. The van der Waals surface area contributed by atoms with Crippen LogP contribution < -0.4 is 10.9 Å². The number of aromatic nitrogens is 2. The fourth-order valence-corrected chi connectivity index (χ4v) is 5.94. The minimum absolute atomic E-state index is 0.0114. The van der Waals surface area contributed by atoms with Gasteiger partial charge < -0.3 is 15.3 Å². The van der Waals surface area contributed by atoms with E-state index >= 15 is 0 Å². The van der Waals surface area contributed by atoms with Gasteiger partial charge >= 0.3 is 18.2 Å². The zero-order valence-corrected chi connectivity index (χ0v) is 23.3. The Bertz CT molecular complexity index is 1340. The summed E-state index contributed by atoms with van der Waals surface area (Å²) in [6.07, 6.45) is -2.52. The predicted molar refractivity (Wildman–Crippen MR) is 142 cm³/mol. The summed E-state index contributed by atoms with van der Waals surface area (Å²) in [4.78, 5) is 44.3. The molecule has 2 amide bonds. The lowest BCUT2D eigenvalue weighted by Gasteiger charge is -2.30. The quantitative estimate of drug-likeness (QED) is 0.592. The van der Waals surface area contributed by atoms with Crippen LogP contribution in [0.4, 0.5) is 18.0 Å². The van der Waals surface area contributed by atoms with E-state index in [1.165, 1.54) is 16.7 Å². The van der Waals surface area contributed by atoms with Crippen molar-refractivity contribution in [2.75, 3.05) is 19.6 Å². The molecule has 0 bridgehead atoms. The van der Waals surface area contributed by atoms with E-state index < -0.39 is 12.1 Å². The minimum atomic E-state index is -5.08. The van der Waals surface area contributed by atoms with Crippen molar-refractivity contribution in [3.05, 3.63) is 62.3 Å². The highest BCUT2D eigenvalue weighted by atomic mass is 19.4. The largest absolute Gasteiger partial charge is 0.490 e. The molecule has 1 aromatic heterocycles. The molecule has 5 rings (SSSR count). The van der Waals surface area contributed by atoms with Crippen LogP contribution in [-0.4, -0.2) is 68.3 Å². The van der Waals surface area contributed by atoms with Gasteiger partial charge in [-0.15, -0.1) is 0 Å². The van der Waals surface area contributed by atoms with Crippen molar-refractivity contribution in [2.24, 2.45) is 0 Å². The van der Waals surface area contributed by atoms with Gasteiger partial charge in [0.15, 0.2) is 0 Å². The number of carbonyl (C=O) groups excluding carboxylic acids is 1.